The van der Waals surface area contributed by atoms with Crippen LogP contribution in [0.2, 0.25) is 0 Å². The average molecular weight is 962 g/mol. The first-order valence-corrected chi connectivity index (χ1v) is 22.2. The van der Waals surface area contributed by atoms with Gasteiger partial charge < -0.3 is 67.7 Å². The Morgan fingerprint density at radius 3 is 1.77 bits per heavy atom. The quantitative estimate of drug-likeness (QED) is 0.0449. The molecule has 24 nitrogen and oxygen atoms in total. The van der Waals surface area contributed by atoms with E-state index in [0.717, 1.165) is 0 Å². The third-order valence-electron chi connectivity index (χ3n) is 10.7. The Bertz CT molecular complexity index is 2080. The first kappa shape index (κ1) is 52.2. The van der Waals surface area contributed by atoms with Crippen molar-refractivity contribution in [1.29, 1.82) is 0 Å². The van der Waals surface area contributed by atoms with E-state index in [1.54, 1.807) is 12.1 Å². The van der Waals surface area contributed by atoms with E-state index in [9.17, 15) is 58.2 Å². The van der Waals surface area contributed by atoms with Crippen molar-refractivity contribution in [2.75, 3.05) is 37.7 Å². The molecule has 2 aliphatic heterocycles. The van der Waals surface area contributed by atoms with Gasteiger partial charge in [0.05, 0.1) is 31.2 Å². The molecule has 8 amide bonds. The minimum atomic E-state index is -1.51. The molecule has 2 aromatic rings. The van der Waals surface area contributed by atoms with Crippen molar-refractivity contribution in [3.8, 4) is 5.75 Å². The second-order valence-corrected chi connectivity index (χ2v) is 16.3. The smallest absolute Gasteiger partial charge is 0.326 e. The number of aromatic hydroxyl groups is 1. The molecule has 26 heteroatoms. The number of benzene rings is 1. The number of amides is 8. The molecule has 12 N–H and O–H groups in total. The van der Waals surface area contributed by atoms with Gasteiger partial charge in [-0.25, -0.2) is 9.78 Å². The normalized spacial score (nSPS) is 17.9. The van der Waals surface area contributed by atoms with Crippen LogP contribution in [0, 0.1) is 0 Å². The highest BCUT2D eigenvalue weighted by molar-refractivity contribution is 7.80. The zero-order valence-corrected chi connectivity index (χ0v) is 37.4. The predicted octanol–water partition coefficient (Wildman–Crippen LogP) is -3.81. The Morgan fingerprint density at radius 2 is 1.27 bits per heavy atom. The first-order valence-electron chi connectivity index (χ1n) is 21.0. The highest BCUT2D eigenvalue weighted by atomic mass is 32.1. The molecule has 0 spiro atoms. The summed E-state index contributed by atoms with van der Waals surface area (Å²) in [6.45, 7) is -1.03. The average Bonchev–Trinajstić information content (AvgIpc) is 4.11. The zero-order chi connectivity index (χ0) is 48.5. The number of imidazole rings is 1. The molecule has 7 atom stereocenters. The van der Waals surface area contributed by atoms with Crippen LogP contribution in [0.1, 0.15) is 49.8 Å². The Balaban J connectivity index is 1.36. The monoisotopic (exact) mass is 961 g/mol. The molecule has 0 aliphatic carbocycles. The number of carbonyl (C=O) groups excluding carboxylic acids is 8. The number of nitrogens with zero attached hydrogens (tertiary/aromatic N) is 3. The van der Waals surface area contributed by atoms with Gasteiger partial charge in [0.2, 0.25) is 47.3 Å². The van der Waals surface area contributed by atoms with Crippen LogP contribution in [0.5, 0.6) is 5.75 Å². The molecular formula is C40H55N11O13S2. The lowest BCUT2D eigenvalue weighted by molar-refractivity contribution is -0.143. The number of phenolic OH excluding ortho intramolecular Hbond substituents is 1. The van der Waals surface area contributed by atoms with Crippen LogP contribution in [0.25, 0.3) is 0 Å². The Morgan fingerprint density at radius 1 is 0.727 bits per heavy atom. The maximum Gasteiger partial charge on any atom is 0.326 e. The Hall–Kier alpha value is -6.41. The first-order chi connectivity index (χ1) is 31.4. The number of aliphatic carboxylic acids is 2. The fourth-order valence-electron chi connectivity index (χ4n) is 7.30. The van der Waals surface area contributed by atoms with Crippen LogP contribution in [0.3, 0.4) is 0 Å². The van der Waals surface area contributed by atoms with Gasteiger partial charge in [0.25, 0.3) is 0 Å². The molecule has 1 aromatic carbocycles. The number of aromatic amines is 1. The molecule has 66 heavy (non-hydrogen) atoms. The van der Waals surface area contributed by atoms with Crippen molar-refractivity contribution in [3.63, 3.8) is 0 Å². The molecule has 0 bridgehead atoms. The van der Waals surface area contributed by atoms with Crippen LogP contribution < -0.4 is 37.6 Å². The number of carboxylic acids is 2. The number of aromatic nitrogens is 2. The number of rotatable bonds is 24. The van der Waals surface area contributed by atoms with Gasteiger partial charge in [0, 0.05) is 50.1 Å². The number of thiol groups is 2. The van der Waals surface area contributed by atoms with Crippen LogP contribution in [-0.2, 0) is 60.8 Å². The molecule has 360 valence electrons. The lowest BCUT2D eigenvalue weighted by Gasteiger charge is -2.30. The summed E-state index contributed by atoms with van der Waals surface area (Å²) in [4.78, 5) is 138. The number of carboxylic acid groups (broad SMARTS) is 2. The summed E-state index contributed by atoms with van der Waals surface area (Å²) in [6.07, 6.45) is 3.03. The number of phenols is 1. The van der Waals surface area contributed by atoms with E-state index in [1.807, 2.05) is 0 Å². The van der Waals surface area contributed by atoms with E-state index in [0.29, 0.717) is 24.1 Å². The van der Waals surface area contributed by atoms with Crippen molar-refractivity contribution in [2.24, 2.45) is 5.73 Å². The molecule has 2 aliphatic rings. The highest BCUT2D eigenvalue weighted by Gasteiger charge is 2.40. The van der Waals surface area contributed by atoms with Crippen molar-refractivity contribution in [3.05, 3.63) is 48.0 Å². The molecule has 3 heterocycles. The minimum absolute atomic E-state index is 0.00688. The van der Waals surface area contributed by atoms with Crippen LogP contribution in [0.15, 0.2) is 36.8 Å². The number of likely N-dealkylation sites (tertiary alicyclic amines) is 2. The number of H-pyrrole nitrogens is 1. The third kappa shape index (κ3) is 15.4. The van der Waals surface area contributed by atoms with Crippen molar-refractivity contribution < 1.29 is 63.3 Å². The SMILES string of the molecule is N[C@@H](CS)C(=O)N[C@@H](Cc1ccc(O)cc1)C(=O)N[C@@H](CS)C(=O)N1CCC[C@H]1C(=O)NCC(=O)N[C@@H](Cc1c[nH]cn1)C(=O)N1CCC[C@H]1C(=O)NCC(=O)N[C@@H](CCC(=O)O)C(=O)O. The Kier molecular flexibility index (Phi) is 20.0. The van der Waals surface area contributed by atoms with Crippen LogP contribution in [0.4, 0.5) is 0 Å². The molecule has 1 aromatic heterocycles. The lowest BCUT2D eigenvalue weighted by Crippen LogP contribution is -2.59. The number of nitrogens with one attached hydrogen (secondary N) is 7. The summed E-state index contributed by atoms with van der Waals surface area (Å²) in [6, 6.07) is -2.43. The van der Waals surface area contributed by atoms with Crippen LogP contribution >= 0.6 is 25.3 Å². The van der Waals surface area contributed by atoms with Gasteiger partial charge in [-0.05, 0) is 49.8 Å². The van der Waals surface area contributed by atoms with Crippen molar-refractivity contribution in [1.82, 2.24) is 51.7 Å². The summed E-state index contributed by atoms with van der Waals surface area (Å²) in [7, 11) is 0. The zero-order valence-electron chi connectivity index (χ0n) is 35.6. The second-order valence-electron chi connectivity index (χ2n) is 15.6. The standard InChI is InChI=1S/C40H55N11O13S2/c41-24(18-65)34(57)48-26(13-21-5-7-23(52)8-6-21)35(58)49-28(19-66)39(62)51-12-2-4-30(51)37(60)44-17-32(54)47-27(14-22-15-42-20-45-22)38(61)50-11-1-3-29(50)36(59)43-16-31(53)46-25(40(63)64)9-10-33(55)56/h5-8,15,20,24-30,52,65-66H,1-4,9-14,16-19,41H2,(H,42,45)(H,43,59)(H,44,60)(H,46,53)(H,47,54)(H,48,57)(H,49,58)(H,55,56)(H,63,64)/t24-,25-,26-,27-,28-,29-,30-/m0/s1. The summed E-state index contributed by atoms with van der Waals surface area (Å²) < 4.78 is 0. The van der Waals surface area contributed by atoms with Crippen LogP contribution in [-0.4, -0.2) is 174 Å². The highest BCUT2D eigenvalue weighted by Crippen LogP contribution is 2.21. The summed E-state index contributed by atoms with van der Waals surface area (Å²) >= 11 is 8.31. The van der Waals surface area contributed by atoms with E-state index in [-0.39, 0.29) is 62.4 Å². The maximum atomic E-state index is 14.0. The third-order valence-corrected chi connectivity index (χ3v) is 11.5. The van der Waals surface area contributed by atoms with Gasteiger partial charge in [-0.1, -0.05) is 12.1 Å². The molecule has 0 unspecified atom stereocenters. The molecule has 0 radical (unpaired) electrons. The number of carbonyl (C=O) groups is 10. The molecule has 2 fully saturated rings. The predicted molar refractivity (Wildman–Crippen MR) is 238 cm³/mol. The van der Waals surface area contributed by atoms with Gasteiger partial charge in [0.1, 0.15) is 42.0 Å². The van der Waals surface area contributed by atoms with E-state index in [2.05, 4.69) is 67.1 Å². The maximum absolute atomic E-state index is 14.0. The summed E-state index contributed by atoms with van der Waals surface area (Å²) in [5.41, 5.74) is 6.78. The van der Waals surface area contributed by atoms with Gasteiger partial charge in [-0.15, -0.1) is 0 Å². The second kappa shape index (κ2) is 25.3. The van der Waals surface area contributed by atoms with Crippen molar-refractivity contribution >= 4 is 84.5 Å². The topological polar surface area (TPSA) is 365 Å². The number of hydrogen-bond acceptors (Lipinski definition) is 15. The van der Waals surface area contributed by atoms with Crippen molar-refractivity contribution in [2.45, 2.75) is 93.7 Å². The lowest BCUT2D eigenvalue weighted by atomic mass is 10.0. The fraction of sp³-hybridized carbons (Fsp3) is 0.525. The molecule has 2 saturated heterocycles. The summed E-state index contributed by atoms with van der Waals surface area (Å²) in [5.74, 6) is -8.73. The fourth-order valence-corrected chi connectivity index (χ4v) is 7.71. The molecule has 0 saturated carbocycles. The molecular weight excluding hydrogens is 907 g/mol. The van der Waals surface area contributed by atoms with Gasteiger partial charge in [-0.3, -0.25) is 43.2 Å². The number of hydrogen-bond donors (Lipinski definition) is 13. The minimum Gasteiger partial charge on any atom is -0.508 e. The van der Waals surface area contributed by atoms with E-state index in [4.69, 9.17) is 10.8 Å². The van der Waals surface area contributed by atoms with E-state index >= 15 is 0 Å². The van der Waals surface area contributed by atoms with Gasteiger partial charge in [-0.2, -0.15) is 25.3 Å². The number of nitrogens with two attached hydrogens (primary N) is 1. The largest absolute Gasteiger partial charge is 0.508 e. The molecule has 4 rings (SSSR count). The van der Waals surface area contributed by atoms with E-state index < -0.39 is 121 Å². The van der Waals surface area contributed by atoms with Gasteiger partial charge >= 0.3 is 11.9 Å². The van der Waals surface area contributed by atoms with E-state index in [1.165, 1.54) is 34.5 Å². The summed E-state index contributed by atoms with van der Waals surface area (Å²) in [5, 5.41) is 42.7. The van der Waals surface area contributed by atoms with Gasteiger partial charge in [0.15, 0.2) is 0 Å². The Labute approximate surface area is 389 Å².